The van der Waals surface area contributed by atoms with Gasteiger partial charge in [-0.2, -0.15) is 13.2 Å². The molecule has 0 saturated carbocycles. The maximum absolute atomic E-state index is 12.3. The number of rotatable bonds is 3. The molecule has 112 valence electrons. The van der Waals surface area contributed by atoms with Crippen LogP contribution in [0.1, 0.15) is 5.69 Å². The summed E-state index contributed by atoms with van der Waals surface area (Å²) in [6.45, 7) is 0. The Kier molecular flexibility index (Phi) is 3.77. The van der Waals surface area contributed by atoms with Gasteiger partial charge in [-0.3, -0.25) is 4.72 Å². The van der Waals surface area contributed by atoms with Crippen molar-refractivity contribution in [1.29, 1.82) is 0 Å². The first-order valence-electron chi connectivity index (χ1n) is 5.54. The number of phenolic OH excluding ortho intramolecular Hbond substituents is 1. The summed E-state index contributed by atoms with van der Waals surface area (Å²) >= 11 is 0. The highest BCUT2D eigenvalue weighted by Gasteiger charge is 2.32. The Morgan fingerprint density at radius 2 is 1.76 bits per heavy atom. The van der Waals surface area contributed by atoms with Crippen molar-refractivity contribution in [3.63, 3.8) is 0 Å². The Morgan fingerprint density at radius 3 is 2.29 bits per heavy atom. The van der Waals surface area contributed by atoms with Gasteiger partial charge in [0.1, 0.15) is 16.3 Å². The van der Waals surface area contributed by atoms with Gasteiger partial charge in [0, 0.05) is 0 Å². The van der Waals surface area contributed by atoms with E-state index in [2.05, 4.69) is 4.98 Å². The molecule has 0 aliphatic heterocycles. The summed E-state index contributed by atoms with van der Waals surface area (Å²) < 4.78 is 63.0. The predicted octanol–water partition coefficient (Wildman–Crippen LogP) is 2.61. The molecule has 5 nitrogen and oxygen atoms in total. The molecule has 2 aromatic rings. The number of aromatic nitrogens is 1. The third-order valence-electron chi connectivity index (χ3n) is 2.46. The van der Waals surface area contributed by atoms with E-state index in [0.29, 0.717) is 6.07 Å². The molecule has 0 bridgehead atoms. The molecule has 0 spiro atoms. The van der Waals surface area contributed by atoms with Crippen LogP contribution in [0.3, 0.4) is 0 Å². The number of aromatic hydroxyl groups is 1. The molecular weight excluding hydrogens is 309 g/mol. The van der Waals surface area contributed by atoms with Crippen molar-refractivity contribution >= 4 is 15.7 Å². The molecule has 2 N–H and O–H groups in total. The smallest absolute Gasteiger partial charge is 0.433 e. The second-order valence-corrected chi connectivity index (χ2v) is 5.65. The molecule has 1 aromatic carbocycles. The molecule has 0 aliphatic rings. The number of benzene rings is 1. The van der Waals surface area contributed by atoms with Crippen molar-refractivity contribution < 1.29 is 26.7 Å². The highest BCUT2D eigenvalue weighted by atomic mass is 32.2. The SMILES string of the molecule is O=S(=O)(Nc1ccc(C(F)(F)F)nc1)c1ccccc1O. The molecule has 2 rings (SSSR count). The second kappa shape index (κ2) is 5.24. The Bertz CT molecular complexity index is 743. The molecule has 0 amide bonds. The van der Waals surface area contributed by atoms with E-state index in [1.54, 1.807) is 0 Å². The Labute approximate surface area is 118 Å². The third-order valence-corrected chi connectivity index (χ3v) is 3.89. The van der Waals surface area contributed by atoms with E-state index in [1.807, 2.05) is 4.72 Å². The number of para-hydroxylation sites is 1. The number of hydrogen-bond donors (Lipinski definition) is 2. The van der Waals surface area contributed by atoms with Gasteiger partial charge in [-0.05, 0) is 24.3 Å². The summed E-state index contributed by atoms with van der Waals surface area (Å²) in [6.07, 6.45) is -3.85. The van der Waals surface area contributed by atoms with Gasteiger partial charge < -0.3 is 5.11 Å². The average molecular weight is 318 g/mol. The second-order valence-electron chi connectivity index (χ2n) is 4.00. The number of phenols is 1. The molecular formula is C12H9F3N2O3S. The van der Waals surface area contributed by atoms with E-state index < -0.39 is 27.6 Å². The fraction of sp³-hybridized carbons (Fsp3) is 0.0833. The van der Waals surface area contributed by atoms with Crippen molar-refractivity contribution in [3.05, 3.63) is 48.3 Å². The molecule has 0 fully saturated rings. The van der Waals surface area contributed by atoms with E-state index in [4.69, 9.17) is 0 Å². The van der Waals surface area contributed by atoms with Gasteiger partial charge in [0.05, 0.1) is 11.9 Å². The van der Waals surface area contributed by atoms with Crippen LogP contribution in [0.4, 0.5) is 18.9 Å². The number of sulfonamides is 1. The average Bonchev–Trinajstić information content (AvgIpc) is 2.38. The molecule has 1 aromatic heterocycles. The quantitative estimate of drug-likeness (QED) is 0.912. The van der Waals surface area contributed by atoms with Crippen LogP contribution >= 0.6 is 0 Å². The monoisotopic (exact) mass is 318 g/mol. The molecule has 9 heteroatoms. The van der Waals surface area contributed by atoms with Crippen LogP contribution in [0.2, 0.25) is 0 Å². The summed E-state index contributed by atoms with van der Waals surface area (Å²) in [5.41, 5.74) is -1.28. The summed E-state index contributed by atoms with van der Waals surface area (Å²) in [5.74, 6) is -0.468. The lowest BCUT2D eigenvalue weighted by Crippen LogP contribution is -2.14. The molecule has 0 unspecified atom stereocenters. The minimum Gasteiger partial charge on any atom is -0.507 e. The molecule has 1 heterocycles. The normalized spacial score (nSPS) is 12.1. The topological polar surface area (TPSA) is 79.3 Å². The zero-order valence-corrected chi connectivity index (χ0v) is 11.1. The van der Waals surface area contributed by atoms with Crippen LogP contribution in [0, 0.1) is 0 Å². The van der Waals surface area contributed by atoms with Crippen molar-refractivity contribution in [2.45, 2.75) is 11.1 Å². The summed E-state index contributed by atoms with van der Waals surface area (Å²) in [6, 6.07) is 6.78. The maximum Gasteiger partial charge on any atom is 0.433 e. The predicted molar refractivity (Wildman–Crippen MR) is 68.2 cm³/mol. The van der Waals surface area contributed by atoms with Gasteiger partial charge in [-0.15, -0.1) is 0 Å². The van der Waals surface area contributed by atoms with Crippen LogP contribution < -0.4 is 4.72 Å². The van der Waals surface area contributed by atoms with Crippen LogP contribution in [-0.2, 0) is 16.2 Å². The minimum atomic E-state index is -4.60. The van der Waals surface area contributed by atoms with Crippen LogP contribution in [0.5, 0.6) is 5.75 Å². The number of hydrogen-bond acceptors (Lipinski definition) is 4. The van der Waals surface area contributed by atoms with E-state index in [1.165, 1.54) is 18.2 Å². The number of nitrogens with one attached hydrogen (secondary N) is 1. The number of anilines is 1. The van der Waals surface area contributed by atoms with Gasteiger partial charge >= 0.3 is 6.18 Å². The van der Waals surface area contributed by atoms with Crippen LogP contribution in [0.15, 0.2) is 47.5 Å². The lowest BCUT2D eigenvalue weighted by atomic mass is 10.3. The van der Waals surface area contributed by atoms with E-state index in [9.17, 15) is 26.7 Å². The number of alkyl halides is 3. The van der Waals surface area contributed by atoms with Crippen LogP contribution in [0.25, 0.3) is 0 Å². The highest BCUT2D eigenvalue weighted by Crippen LogP contribution is 2.29. The Hall–Kier alpha value is -2.29. The summed E-state index contributed by atoms with van der Waals surface area (Å²) in [7, 11) is -4.11. The highest BCUT2D eigenvalue weighted by molar-refractivity contribution is 7.92. The maximum atomic E-state index is 12.3. The zero-order chi connectivity index (χ0) is 15.7. The largest absolute Gasteiger partial charge is 0.507 e. The first-order valence-corrected chi connectivity index (χ1v) is 7.02. The standard InChI is InChI=1S/C12H9F3N2O3S/c13-12(14,15)11-6-5-8(7-16-11)17-21(19,20)10-4-2-1-3-9(10)18/h1-7,17-18H. The summed E-state index contributed by atoms with van der Waals surface area (Å²) in [5, 5.41) is 9.49. The first-order chi connectivity index (χ1) is 9.70. The van der Waals surface area contributed by atoms with Crippen molar-refractivity contribution in [2.24, 2.45) is 0 Å². The third kappa shape index (κ3) is 3.43. The zero-order valence-electron chi connectivity index (χ0n) is 10.3. The summed E-state index contributed by atoms with van der Waals surface area (Å²) in [4.78, 5) is 2.75. The molecule has 21 heavy (non-hydrogen) atoms. The van der Waals surface area contributed by atoms with Crippen molar-refractivity contribution in [2.75, 3.05) is 4.72 Å². The number of pyridine rings is 1. The van der Waals surface area contributed by atoms with Gasteiger partial charge in [0.15, 0.2) is 0 Å². The van der Waals surface area contributed by atoms with E-state index >= 15 is 0 Å². The van der Waals surface area contributed by atoms with E-state index in [-0.39, 0.29) is 10.6 Å². The molecule has 0 aliphatic carbocycles. The van der Waals surface area contributed by atoms with Crippen molar-refractivity contribution in [1.82, 2.24) is 4.98 Å². The fourth-order valence-corrected chi connectivity index (χ4v) is 2.66. The number of halogens is 3. The molecule has 0 saturated heterocycles. The van der Waals surface area contributed by atoms with Gasteiger partial charge in [0.2, 0.25) is 0 Å². The fourth-order valence-electron chi connectivity index (χ4n) is 1.52. The lowest BCUT2D eigenvalue weighted by Gasteiger charge is -2.10. The molecule has 0 radical (unpaired) electrons. The van der Waals surface area contributed by atoms with E-state index in [0.717, 1.165) is 18.3 Å². The van der Waals surface area contributed by atoms with Gasteiger partial charge in [-0.1, -0.05) is 12.1 Å². The lowest BCUT2D eigenvalue weighted by molar-refractivity contribution is -0.141. The number of nitrogens with zero attached hydrogens (tertiary/aromatic N) is 1. The Morgan fingerprint density at radius 1 is 1.10 bits per heavy atom. The molecule has 0 atom stereocenters. The van der Waals surface area contributed by atoms with Crippen molar-refractivity contribution in [3.8, 4) is 5.75 Å². The minimum absolute atomic E-state index is 0.147. The Balaban J connectivity index is 2.28. The van der Waals surface area contributed by atoms with Gasteiger partial charge in [0.25, 0.3) is 10.0 Å². The van der Waals surface area contributed by atoms with Gasteiger partial charge in [-0.25, -0.2) is 13.4 Å². The first kappa shape index (κ1) is 15.1. The van der Waals surface area contributed by atoms with Crippen LogP contribution in [-0.4, -0.2) is 18.5 Å².